The highest BCUT2D eigenvalue weighted by molar-refractivity contribution is 7.97. The van der Waals surface area contributed by atoms with Crippen LogP contribution in [0.2, 0.25) is 0 Å². The summed E-state index contributed by atoms with van der Waals surface area (Å²) in [5, 5.41) is 0. The van der Waals surface area contributed by atoms with Gasteiger partial charge in [0.05, 0.1) is 6.61 Å². The van der Waals surface area contributed by atoms with Crippen molar-refractivity contribution in [3.63, 3.8) is 0 Å². The highest BCUT2D eigenvalue weighted by Gasteiger charge is 2.14. The number of aliphatic imine (C=N–C) groups is 1. The zero-order valence-electron chi connectivity index (χ0n) is 40.6. The minimum atomic E-state index is 0.0462. The summed E-state index contributed by atoms with van der Waals surface area (Å²) >= 11 is 1.60. The molecule has 0 heterocycles. The van der Waals surface area contributed by atoms with Crippen LogP contribution in [0.15, 0.2) is 4.99 Å². The van der Waals surface area contributed by atoms with Crippen LogP contribution in [-0.2, 0) is 19.1 Å². The van der Waals surface area contributed by atoms with Crippen molar-refractivity contribution in [1.29, 1.82) is 0 Å². The molecule has 0 unspecified atom stereocenters. The van der Waals surface area contributed by atoms with Gasteiger partial charge < -0.3 is 24.0 Å². The first-order chi connectivity index (χ1) is 28.9. The van der Waals surface area contributed by atoms with E-state index in [4.69, 9.17) is 9.73 Å². The third-order valence-corrected chi connectivity index (χ3v) is 11.6. The van der Waals surface area contributed by atoms with Gasteiger partial charge in [-0.2, -0.15) is 0 Å². The number of ether oxygens (including phenoxy) is 2. The van der Waals surface area contributed by atoms with E-state index < -0.39 is 0 Å². The molecule has 0 spiro atoms. The van der Waals surface area contributed by atoms with Crippen molar-refractivity contribution < 1.29 is 19.1 Å². The molecule has 0 fully saturated rings. The van der Waals surface area contributed by atoms with E-state index in [1.54, 1.807) is 11.9 Å². The first-order valence-corrected chi connectivity index (χ1v) is 26.6. The third kappa shape index (κ3) is 47.4. The van der Waals surface area contributed by atoms with E-state index in [1.165, 1.54) is 186 Å². The summed E-state index contributed by atoms with van der Waals surface area (Å²) in [6.45, 7) is 14.6. The Kier molecular flexibility index (Phi) is 51.4. The molecular formula is C50H102N4O4S. The summed E-state index contributed by atoms with van der Waals surface area (Å²) in [6, 6.07) is 0. The number of nitrogens with one attached hydrogen (secondary N) is 1. The van der Waals surface area contributed by atoms with Gasteiger partial charge in [-0.05, 0) is 77.4 Å². The fourth-order valence-electron chi connectivity index (χ4n) is 7.42. The van der Waals surface area contributed by atoms with Gasteiger partial charge in [0.15, 0.2) is 0 Å². The second-order valence-electron chi connectivity index (χ2n) is 17.2. The molecular weight excluding hydrogens is 753 g/mol. The summed E-state index contributed by atoms with van der Waals surface area (Å²) in [4.78, 5) is 32.0. The monoisotopic (exact) mass is 855 g/mol. The number of esters is 1. The lowest BCUT2D eigenvalue weighted by Crippen LogP contribution is -2.32. The van der Waals surface area contributed by atoms with Crippen LogP contribution in [0.25, 0.3) is 0 Å². The predicted molar refractivity (Wildman–Crippen MR) is 261 cm³/mol. The number of hydrogen-bond acceptors (Lipinski definition) is 7. The Morgan fingerprint density at radius 3 is 1.42 bits per heavy atom. The molecule has 0 rings (SSSR count). The van der Waals surface area contributed by atoms with Crippen LogP contribution < -0.4 is 4.72 Å². The molecule has 0 bridgehead atoms. The van der Waals surface area contributed by atoms with E-state index >= 15 is 0 Å². The van der Waals surface area contributed by atoms with Crippen molar-refractivity contribution in [2.45, 2.75) is 252 Å². The lowest BCUT2D eigenvalue weighted by Gasteiger charge is -2.22. The molecule has 0 aliphatic rings. The molecule has 0 amide bonds. The Labute approximate surface area is 372 Å². The lowest BCUT2D eigenvalue weighted by molar-refractivity contribution is -0.150. The molecule has 0 aromatic heterocycles. The highest BCUT2D eigenvalue weighted by Crippen LogP contribution is 2.18. The molecule has 1 N–H and O–H groups in total. The van der Waals surface area contributed by atoms with Crippen LogP contribution in [0, 0.1) is 0 Å². The van der Waals surface area contributed by atoms with Gasteiger partial charge in [0, 0.05) is 33.3 Å². The Balaban J connectivity index is 0. The molecule has 0 aromatic rings. The number of carbonyl (C=O) groups is 2. The lowest BCUT2D eigenvalue weighted by atomic mass is 10.0. The SMILES string of the molecule is CCCCCCCCC(CCCCCCCC)OC(=O)CCCCCCCN(CCCCCCCC)CCCN=C(NSC)N(C)C.CCCCCCCCCOC=O. The molecule has 0 saturated heterocycles. The zero-order chi connectivity index (χ0) is 43.7. The molecule has 0 aliphatic heterocycles. The number of nitrogens with zero attached hydrogens (tertiary/aromatic N) is 3. The normalized spacial score (nSPS) is 11.5. The first kappa shape index (κ1) is 59.6. The molecule has 8 nitrogen and oxygen atoms in total. The van der Waals surface area contributed by atoms with E-state index in [-0.39, 0.29) is 12.1 Å². The summed E-state index contributed by atoms with van der Waals surface area (Å²) < 4.78 is 13.9. The number of guanidine groups is 1. The van der Waals surface area contributed by atoms with E-state index in [2.05, 4.69) is 47.0 Å². The Morgan fingerprint density at radius 1 is 0.576 bits per heavy atom. The first-order valence-electron chi connectivity index (χ1n) is 25.4. The summed E-state index contributed by atoms with van der Waals surface area (Å²) in [6.07, 6.45) is 44.3. The number of carbonyl (C=O) groups excluding carboxylic acids is 2. The molecule has 0 atom stereocenters. The number of rotatable bonds is 44. The topological polar surface area (TPSA) is 83.5 Å². The fraction of sp³-hybridized carbons (Fsp3) is 0.940. The number of unbranched alkanes of at least 4 members (excludes halogenated alkanes) is 25. The summed E-state index contributed by atoms with van der Waals surface area (Å²) in [7, 11) is 4.09. The Bertz CT molecular complexity index is 862. The van der Waals surface area contributed by atoms with Gasteiger partial charge in [-0.15, -0.1) is 0 Å². The maximum atomic E-state index is 12.8. The highest BCUT2D eigenvalue weighted by atomic mass is 32.2. The predicted octanol–water partition coefficient (Wildman–Crippen LogP) is 14.5. The fourth-order valence-corrected chi connectivity index (χ4v) is 7.85. The molecule has 0 radical (unpaired) electrons. The van der Waals surface area contributed by atoms with E-state index in [9.17, 15) is 9.59 Å². The van der Waals surface area contributed by atoms with Gasteiger partial charge >= 0.3 is 5.97 Å². The molecule has 0 saturated carbocycles. The van der Waals surface area contributed by atoms with Gasteiger partial charge in [0.25, 0.3) is 6.47 Å². The maximum Gasteiger partial charge on any atom is 0.306 e. The van der Waals surface area contributed by atoms with Crippen molar-refractivity contribution in [3.8, 4) is 0 Å². The minimum Gasteiger partial charge on any atom is -0.468 e. The van der Waals surface area contributed by atoms with Crippen LogP contribution in [-0.4, -0.2) is 87.4 Å². The van der Waals surface area contributed by atoms with Crippen molar-refractivity contribution in [2.75, 3.05) is 53.1 Å². The molecule has 9 heteroatoms. The molecule has 0 aliphatic carbocycles. The molecule has 352 valence electrons. The summed E-state index contributed by atoms with van der Waals surface area (Å²) in [5.41, 5.74) is 0. The minimum absolute atomic E-state index is 0.0462. The smallest absolute Gasteiger partial charge is 0.306 e. The second kappa shape index (κ2) is 50.9. The van der Waals surface area contributed by atoms with Crippen LogP contribution in [0.1, 0.15) is 246 Å². The van der Waals surface area contributed by atoms with Crippen LogP contribution in [0.5, 0.6) is 0 Å². The average Bonchev–Trinajstić information content (AvgIpc) is 3.23. The van der Waals surface area contributed by atoms with Crippen molar-refractivity contribution in [2.24, 2.45) is 4.99 Å². The number of hydrogen-bond donors (Lipinski definition) is 1. The van der Waals surface area contributed by atoms with E-state index in [0.717, 1.165) is 57.6 Å². The van der Waals surface area contributed by atoms with Gasteiger partial charge in [-0.1, -0.05) is 194 Å². The Morgan fingerprint density at radius 2 is 0.983 bits per heavy atom. The van der Waals surface area contributed by atoms with Gasteiger partial charge in [0.1, 0.15) is 6.10 Å². The van der Waals surface area contributed by atoms with E-state index in [1.807, 2.05) is 20.4 Å². The van der Waals surface area contributed by atoms with Gasteiger partial charge in [0.2, 0.25) is 5.96 Å². The summed E-state index contributed by atoms with van der Waals surface area (Å²) in [5.74, 6) is 1.000. The Hall–Kier alpha value is -1.48. The van der Waals surface area contributed by atoms with Crippen molar-refractivity contribution in [3.05, 3.63) is 0 Å². The quantitative estimate of drug-likeness (QED) is 0.0162. The molecule has 59 heavy (non-hydrogen) atoms. The van der Waals surface area contributed by atoms with Crippen LogP contribution in [0.4, 0.5) is 0 Å². The van der Waals surface area contributed by atoms with Crippen LogP contribution in [0.3, 0.4) is 0 Å². The van der Waals surface area contributed by atoms with Gasteiger partial charge in [-0.25, -0.2) is 0 Å². The average molecular weight is 855 g/mol. The maximum absolute atomic E-state index is 12.8. The van der Waals surface area contributed by atoms with Crippen LogP contribution >= 0.6 is 11.9 Å². The zero-order valence-corrected chi connectivity index (χ0v) is 41.4. The van der Waals surface area contributed by atoms with E-state index in [0.29, 0.717) is 19.5 Å². The third-order valence-electron chi connectivity index (χ3n) is 11.2. The van der Waals surface area contributed by atoms with Crippen molar-refractivity contribution in [1.82, 2.24) is 14.5 Å². The standard InChI is InChI=1S/C40H82N4O2S.C10H20O2/c1-7-10-13-16-20-25-31-38(32-26-21-17-14-11-8-2)46-39(45)33-27-22-19-24-29-36-44(35-28-23-18-15-12-9-3)37-30-34-41-40(42-47-6)43(4)5;1-2-3-4-5-6-7-8-9-12-10-11/h38H,7-37H2,1-6H3,(H,41,42);10H,2-9H2,1H3. The van der Waals surface area contributed by atoms with Gasteiger partial charge in [-0.3, -0.25) is 14.6 Å². The largest absolute Gasteiger partial charge is 0.468 e. The molecule has 0 aromatic carbocycles. The second-order valence-corrected chi connectivity index (χ2v) is 17.8. The van der Waals surface area contributed by atoms with Crippen molar-refractivity contribution >= 4 is 30.3 Å².